The van der Waals surface area contributed by atoms with E-state index < -0.39 is 9.74 Å². The monoisotopic (exact) mass is 166 g/mol. The van der Waals surface area contributed by atoms with Gasteiger partial charge in [-0.3, -0.25) is 0 Å². The van der Waals surface area contributed by atoms with Gasteiger partial charge < -0.3 is 4.55 Å². The summed E-state index contributed by atoms with van der Waals surface area (Å²) in [5.74, 6) is 0.763. The van der Waals surface area contributed by atoms with Gasteiger partial charge in [-0.15, -0.1) is 0 Å². The highest BCUT2D eigenvalue weighted by atomic mass is 32.8. The third-order valence-electron chi connectivity index (χ3n) is 1.03. The van der Waals surface area contributed by atoms with E-state index in [2.05, 4.69) is 32.0 Å². The van der Waals surface area contributed by atoms with Crippen LogP contribution in [0.15, 0.2) is 0 Å². The molecule has 0 spiro atoms. The van der Waals surface area contributed by atoms with Crippen molar-refractivity contribution in [2.75, 3.05) is 5.75 Å². The lowest BCUT2D eigenvalue weighted by Gasteiger charge is -2.16. The van der Waals surface area contributed by atoms with Crippen molar-refractivity contribution >= 4 is 20.9 Å². The van der Waals surface area contributed by atoms with Gasteiger partial charge in [-0.2, -0.15) is 0 Å². The summed E-state index contributed by atoms with van der Waals surface area (Å²) in [7, 11) is -0.779. The van der Waals surface area contributed by atoms with Crippen LogP contribution in [0.2, 0.25) is 0 Å². The highest BCUT2D eigenvalue weighted by molar-refractivity contribution is 8.25. The van der Waals surface area contributed by atoms with Crippen LogP contribution in [0.1, 0.15) is 27.2 Å². The molecule has 1 unspecified atom stereocenters. The van der Waals surface area contributed by atoms with Crippen molar-refractivity contribution in [3.8, 4) is 0 Å². The largest absolute Gasteiger partial charge is 0.327 e. The van der Waals surface area contributed by atoms with E-state index in [1.165, 1.54) is 0 Å². The molecule has 1 atom stereocenters. The average Bonchev–Trinajstić information content (AvgIpc) is 1.59. The van der Waals surface area contributed by atoms with Crippen molar-refractivity contribution in [3.05, 3.63) is 0 Å². The molecule has 1 nitrogen and oxygen atoms in total. The average molecular weight is 166 g/mol. The molecule has 0 amide bonds. The summed E-state index contributed by atoms with van der Waals surface area (Å²) in [6.07, 6.45) is 1.01. The van der Waals surface area contributed by atoms with Gasteiger partial charge in [0, 0.05) is 15.5 Å². The summed E-state index contributed by atoms with van der Waals surface area (Å²) in [5.41, 5.74) is 0.312. The summed E-state index contributed by atoms with van der Waals surface area (Å²) >= 11 is 4.63. The first kappa shape index (κ1) is 9.53. The summed E-state index contributed by atoms with van der Waals surface area (Å²) in [6, 6.07) is 0. The van der Waals surface area contributed by atoms with Gasteiger partial charge in [0.25, 0.3) is 0 Å². The molecular weight excluding hydrogens is 152 g/mol. The first-order valence-electron chi connectivity index (χ1n) is 2.99. The van der Waals surface area contributed by atoms with Gasteiger partial charge in [0.05, 0.1) is 0 Å². The van der Waals surface area contributed by atoms with Crippen LogP contribution >= 0.6 is 0 Å². The normalized spacial score (nSPS) is 15.6. The predicted octanol–water partition coefficient (Wildman–Crippen LogP) is 1.98. The molecule has 0 saturated carbocycles. The Kier molecular flexibility index (Phi) is 3.85. The minimum atomic E-state index is -0.779. The van der Waals surface area contributed by atoms with Gasteiger partial charge in [-0.25, -0.2) is 0 Å². The molecular formula is C6H14OS2. The van der Waals surface area contributed by atoms with E-state index in [1.807, 2.05) is 0 Å². The van der Waals surface area contributed by atoms with Crippen LogP contribution in [-0.2, 0) is 20.9 Å². The molecule has 0 heterocycles. The first-order valence-corrected chi connectivity index (χ1v) is 5.27. The Hall–Kier alpha value is 0.530. The second kappa shape index (κ2) is 3.64. The summed E-state index contributed by atoms with van der Waals surface area (Å²) < 4.78 is 8.76. The molecule has 0 aromatic rings. The highest BCUT2D eigenvalue weighted by Gasteiger charge is 2.09. The third-order valence-corrected chi connectivity index (χ3v) is 2.08. The maximum atomic E-state index is 8.76. The molecule has 0 aliphatic heterocycles. The Morgan fingerprint density at radius 3 is 2.00 bits per heavy atom. The van der Waals surface area contributed by atoms with Crippen LogP contribution < -0.4 is 0 Å². The van der Waals surface area contributed by atoms with Crippen LogP contribution in [0.5, 0.6) is 0 Å². The van der Waals surface area contributed by atoms with Gasteiger partial charge in [-0.1, -0.05) is 20.8 Å². The topological polar surface area (TPSA) is 20.2 Å². The molecule has 0 rings (SSSR count). The fourth-order valence-electron chi connectivity index (χ4n) is 0.393. The molecule has 0 fully saturated rings. The van der Waals surface area contributed by atoms with E-state index in [0.717, 1.165) is 12.2 Å². The van der Waals surface area contributed by atoms with E-state index in [0.29, 0.717) is 5.41 Å². The fourth-order valence-corrected chi connectivity index (χ4v) is 1.43. The van der Waals surface area contributed by atoms with Crippen LogP contribution in [0.25, 0.3) is 0 Å². The molecule has 0 bridgehead atoms. The highest BCUT2D eigenvalue weighted by Crippen LogP contribution is 2.17. The summed E-state index contributed by atoms with van der Waals surface area (Å²) in [4.78, 5) is 0. The van der Waals surface area contributed by atoms with E-state index in [1.54, 1.807) is 0 Å². The van der Waals surface area contributed by atoms with E-state index in [-0.39, 0.29) is 0 Å². The molecule has 3 heteroatoms. The van der Waals surface area contributed by atoms with Gasteiger partial charge in [-0.05, 0) is 23.0 Å². The molecule has 0 saturated heterocycles. The zero-order valence-corrected chi connectivity index (χ0v) is 7.81. The molecule has 56 valence electrons. The number of rotatable bonds is 2. The Bertz CT molecular complexity index is 104. The van der Waals surface area contributed by atoms with Crippen molar-refractivity contribution in [2.24, 2.45) is 5.41 Å². The van der Waals surface area contributed by atoms with Crippen LogP contribution in [-0.4, -0.2) is 10.3 Å². The Morgan fingerprint density at radius 1 is 1.44 bits per heavy atom. The van der Waals surface area contributed by atoms with Crippen molar-refractivity contribution in [3.63, 3.8) is 0 Å². The molecule has 0 aliphatic carbocycles. The van der Waals surface area contributed by atoms with Crippen molar-refractivity contribution in [1.29, 1.82) is 0 Å². The standard InChI is InChI=1S/C6H14OS2/c1-6(2,3)4-5-9(7)8/h4-5H2,1-3H3,(H,7,8). The van der Waals surface area contributed by atoms with Crippen LogP contribution in [0.3, 0.4) is 0 Å². The molecule has 1 N–H and O–H groups in total. The van der Waals surface area contributed by atoms with Crippen molar-refractivity contribution in [2.45, 2.75) is 27.2 Å². The molecule has 9 heavy (non-hydrogen) atoms. The second-order valence-electron chi connectivity index (χ2n) is 3.34. The van der Waals surface area contributed by atoms with Gasteiger partial charge in [0.2, 0.25) is 0 Å². The lowest BCUT2D eigenvalue weighted by Crippen LogP contribution is -2.09. The predicted molar refractivity (Wildman–Crippen MR) is 46.3 cm³/mol. The minimum Gasteiger partial charge on any atom is -0.327 e. The maximum Gasteiger partial charge on any atom is 0.0228 e. The smallest absolute Gasteiger partial charge is 0.0228 e. The zero-order valence-electron chi connectivity index (χ0n) is 6.18. The minimum absolute atomic E-state index is 0.312. The maximum absolute atomic E-state index is 8.76. The van der Waals surface area contributed by atoms with E-state index in [9.17, 15) is 0 Å². The van der Waals surface area contributed by atoms with Crippen molar-refractivity contribution in [1.82, 2.24) is 0 Å². The molecule has 0 aromatic heterocycles. The quantitative estimate of drug-likeness (QED) is 0.677. The van der Waals surface area contributed by atoms with Gasteiger partial charge >= 0.3 is 0 Å². The lowest BCUT2D eigenvalue weighted by molar-refractivity contribution is 0.399. The fraction of sp³-hybridized carbons (Fsp3) is 1.00. The molecule has 0 radical (unpaired) electrons. The Morgan fingerprint density at radius 2 is 1.89 bits per heavy atom. The van der Waals surface area contributed by atoms with Gasteiger partial charge in [0.15, 0.2) is 0 Å². The SMILES string of the molecule is CC(C)(C)CCS(O)=S. The van der Waals surface area contributed by atoms with Gasteiger partial charge in [0.1, 0.15) is 0 Å². The number of hydrogen-bond donors (Lipinski definition) is 1. The zero-order chi connectivity index (χ0) is 7.49. The van der Waals surface area contributed by atoms with E-state index in [4.69, 9.17) is 4.55 Å². The Balaban J connectivity index is 3.39. The second-order valence-corrected chi connectivity index (χ2v) is 5.54. The van der Waals surface area contributed by atoms with Crippen LogP contribution in [0.4, 0.5) is 0 Å². The summed E-state index contributed by atoms with van der Waals surface area (Å²) in [6.45, 7) is 6.44. The third kappa shape index (κ3) is 8.53. The Labute approximate surface area is 64.3 Å². The number of hydrogen-bond acceptors (Lipinski definition) is 1. The van der Waals surface area contributed by atoms with Crippen molar-refractivity contribution < 1.29 is 4.55 Å². The van der Waals surface area contributed by atoms with E-state index >= 15 is 0 Å². The molecule has 0 aliphatic rings. The lowest BCUT2D eigenvalue weighted by atomic mass is 9.94. The summed E-state index contributed by atoms with van der Waals surface area (Å²) in [5, 5.41) is 0. The van der Waals surface area contributed by atoms with Crippen LogP contribution in [0, 0.1) is 5.41 Å². The first-order chi connectivity index (χ1) is 3.92. The molecule has 0 aromatic carbocycles.